The third-order valence-electron chi connectivity index (χ3n) is 4.74. The molecule has 2 amide bonds. The summed E-state index contributed by atoms with van der Waals surface area (Å²) >= 11 is 2.92. The first-order valence-corrected chi connectivity index (χ1v) is 10.9. The fourth-order valence-electron chi connectivity index (χ4n) is 3.31. The molecule has 1 fully saturated rings. The molecule has 4 aromatic heterocycles. The summed E-state index contributed by atoms with van der Waals surface area (Å²) in [7, 11) is 0. The molecular formula is C20H14N4O5S2. The van der Waals surface area contributed by atoms with Crippen LogP contribution in [0, 0.1) is 13.8 Å². The summed E-state index contributed by atoms with van der Waals surface area (Å²) in [6.45, 7) is 3.89. The number of imide groups is 1. The second-order valence-corrected chi connectivity index (χ2v) is 9.50. The summed E-state index contributed by atoms with van der Waals surface area (Å²) in [5.74, 6) is -2.06. The highest BCUT2D eigenvalue weighted by Crippen LogP contribution is 2.39. The van der Waals surface area contributed by atoms with Gasteiger partial charge in [-0.05, 0) is 48.4 Å². The zero-order valence-electron chi connectivity index (χ0n) is 16.4. The van der Waals surface area contributed by atoms with E-state index in [2.05, 4.69) is 15.3 Å². The molecule has 0 aliphatic carbocycles. The minimum absolute atomic E-state index is 0.00246. The Balaban J connectivity index is 1.72. The number of hydrogen-bond donors (Lipinski definition) is 0. The Hall–Kier alpha value is -3.44. The number of fused-ring (bicyclic) bond motifs is 1. The van der Waals surface area contributed by atoms with Gasteiger partial charge in [0.25, 0.3) is 11.8 Å². The third kappa shape index (κ3) is 3.31. The number of hydroxylamine groups is 2. The Kier molecular flexibility index (Phi) is 4.63. The lowest BCUT2D eigenvalue weighted by atomic mass is 10.1. The zero-order valence-corrected chi connectivity index (χ0v) is 18.0. The van der Waals surface area contributed by atoms with Crippen molar-refractivity contribution in [3.8, 4) is 21.0 Å². The molecule has 0 bridgehead atoms. The number of amides is 2. The van der Waals surface area contributed by atoms with Crippen LogP contribution in [0.25, 0.3) is 32.0 Å². The molecule has 0 N–H and O–H groups in total. The SMILES string of the molecule is Cc1ccc(-c2nc(C(=O)ON3C(=O)CCC3=O)c(-c3ccc(C)s3)c3nonc23)s1. The van der Waals surface area contributed by atoms with Crippen molar-refractivity contribution in [1.29, 1.82) is 0 Å². The number of carbonyl (C=O) groups is 3. The molecule has 9 nitrogen and oxygen atoms in total. The first-order valence-electron chi connectivity index (χ1n) is 9.30. The van der Waals surface area contributed by atoms with Gasteiger partial charge in [-0.15, -0.1) is 27.7 Å². The number of thiophene rings is 2. The van der Waals surface area contributed by atoms with Crippen LogP contribution in [0.2, 0.25) is 0 Å². The van der Waals surface area contributed by atoms with Gasteiger partial charge in [0.15, 0.2) is 11.2 Å². The first-order chi connectivity index (χ1) is 14.9. The van der Waals surface area contributed by atoms with E-state index >= 15 is 0 Å². The molecule has 11 heteroatoms. The lowest BCUT2D eigenvalue weighted by Gasteiger charge is -2.14. The van der Waals surface area contributed by atoms with Gasteiger partial charge in [-0.3, -0.25) is 9.59 Å². The van der Waals surface area contributed by atoms with E-state index in [1.807, 2.05) is 38.1 Å². The second-order valence-electron chi connectivity index (χ2n) is 6.93. The number of nitrogens with zero attached hydrogens (tertiary/aromatic N) is 4. The van der Waals surface area contributed by atoms with Crippen LogP contribution >= 0.6 is 22.7 Å². The lowest BCUT2D eigenvalue weighted by molar-refractivity contribution is -0.172. The monoisotopic (exact) mass is 454 g/mol. The first kappa shape index (κ1) is 19.5. The molecule has 1 aliphatic rings. The highest BCUT2D eigenvalue weighted by Gasteiger charge is 2.35. The maximum absolute atomic E-state index is 13.1. The molecule has 156 valence electrons. The number of hydrogen-bond acceptors (Lipinski definition) is 10. The average molecular weight is 454 g/mol. The van der Waals surface area contributed by atoms with Crippen LogP contribution in [0.5, 0.6) is 0 Å². The molecule has 4 aromatic rings. The van der Waals surface area contributed by atoms with Gasteiger partial charge in [-0.1, -0.05) is 0 Å². The minimum atomic E-state index is -0.927. The Labute approximate surface area is 183 Å². The molecule has 0 unspecified atom stereocenters. The smallest absolute Gasteiger partial charge is 0.323 e. The Morgan fingerprint density at radius 2 is 1.58 bits per heavy atom. The fraction of sp³-hybridized carbons (Fsp3) is 0.200. The van der Waals surface area contributed by atoms with E-state index in [9.17, 15) is 14.4 Å². The van der Waals surface area contributed by atoms with Crippen molar-refractivity contribution < 1.29 is 23.9 Å². The van der Waals surface area contributed by atoms with E-state index in [0.29, 0.717) is 32.2 Å². The normalized spacial score (nSPS) is 14.1. The van der Waals surface area contributed by atoms with Crippen LogP contribution in [-0.2, 0) is 14.4 Å². The van der Waals surface area contributed by atoms with Gasteiger partial charge >= 0.3 is 5.97 Å². The molecule has 5 rings (SSSR count). The maximum Gasteiger partial charge on any atom is 0.382 e. The Morgan fingerprint density at radius 1 is 0.968 bits per heavy atom. The summed E-state index contributed by atoms with van der Waals surface area (Å²) in [5.41, 5.74) is 1.49. The van der Waals surface area contributed by atoms with E-state index < -0.39 is 17.8 Å². The average Bonchev–Trinajstić information content (AvgIpc) is 3.53. The summed E-state index contributed by atoms with van der Waals surface area (Å²) in [6, 6.07) is 7.53. The minimum Gasteiger partial charge on any atom is -0.323 e. The van der Waals surface area contributed by atoms with Crippen molar-refractivity contribution in [2.24, 2.45) is 0 Å². The molecule has 1 aliphatic heterocycles. The van der Waals surface area contributed by atoms with Crippen molar-refractivity contribution >= 4 is 51.5 Å². The van der Waals surface area contributed by atoms with E-state index in [0.717, 1.165) is 14.6 Å². The highest BCUT2D eigenvalue weighted by atomic mass is 32.1. The molecule has 31 heavy (non-hydrogen) atoms. The largest absolute Gasteiger partial charge is 0.382 e. The van der Waals surface area contributed by atoms with Crippen LogP contribution in [-0.4, -0.2) is 38.1 Å². The second kappa shape index (κ2) is 7.36. The van der Waals surface area contributed by atoms with Crippen LogP contribution < -0.4 is 0 Å². The van der Waals surface area contributed by atoms with Gasteiger partial charge in [-0.25, -0.2) is 14.4 Å². The molecule has 0 spiro atoms. The zero-order chi connectivity index (χ0) is 21.7. The van der Waals surface area contributed by atoms with Crippen molar-refractivity contribution in [2.75, 3.05) is 0 Å². The lowest BCUT2D eigenvalue weighted by Crippen LogP contribution is -2.32. The maximum atomic E-state index is 13.1. The van der Waals surface area contributed by atoms with Crippen LogP contribution in [0.4, 0.5) is 0 Å². The van der Waals surface area contributed by atoms with E-state index in [1.54, 1.807) is 0 Å². The van der Waals surface area contributed by atoms with E-state index in [-0.39, 0.29) is 18.5 Å². The molecule has 0 radical (unpaired) electrons. The van der Waals surface area contributed by atoms with E-state index in [4.69, 9.17) is 9.47 Å². The van der Waals surface area contributed by atoms with Crippen molar-refractivity contribution in [1.82, 2.24) is 20.4 Å². The van der Waals surface area contributed by atoms with Crippen LogP contribution in [0.3, 0.4) is 0 Å². The Morgan fingerprint density at radius 3 is 2.19 bits per heavy atom. The van der Waals surface area contributed by atoms with Crippen LogP contribution in [0.1, 0.15) is 33.1 Å². The van der Waals surface area contributed by atoms with Crippen molar-refractivity contribution in [2.45, 2.75) is 26.7 Å². The van der Waals surface area contributed by atoms with Crippen molar-refractivity contribution in [3.05, 3.63) is 39.7 Å². The highest BCUT2D eigenvalue weighted by molar-refractivity contribution is 7.16. The van der Waals surface area contributed by atoms with Gasteiger partial charge in [0.2, 0.25) is 0 Å². The van der Waals surface area contributed by atoms with Crippen molar-refractivity contribution in [3.63, 3.8) is 0 Å². The molecule has 0 atom stereocenters. The number of pyridine rings is 1. The standard InChI is InChI=1S/C20H14N4O5S2/c1-9-3-5-11(30-9)15-17-19(23-29-22-17)16(12-6-4-10(2)31-12)21-18(15)20(27)28-24-13(25)7-8-14(24)26/h3-6H,7-8H2,1-2H3. The van der Waals surface area contributed by atoms with Gasteiger partial charge < -0.3 is 4.84 Å². The number of aromatic nitrogens is 3. The van der Waals surface area contributed by atoms with Gasteiger partial charge in [0, 0.05) is 27.5 Å². The summed E-state index contributed by atoms with van der Waals surface area (Å²) in [5, 5.41) is 8.56. The predicted octanol–water partition coefficient (Wildman–Crippen LogP) is 3.91. The van der Waals surface area contributed by atoms with Gasteiger partial charge in [-0.2, -0.15) is 0 Å². The topological polar surface area (TPSA) is 115 Å². The Bertz CT molecular complexity index is 1350. The van der Waals surface area contributed by atoms with Gasteiger partial charge in [0.05, 0.1) is 10.4 Å². The number of rotatable bonds is 4. The molecular weight excluding hydrogens is 440 g/mol. The molecule has 1 saturated heterocycles. The fourth-order valence-corrected chi connectivity index (χ4v) is 5.08. The molecule has 5 heterocycles. The summed E-state index contributed by atoms with van der Waals surface area (Å²) in [4.78, 5) is 50.3. The molecule has 0 aromatic carbocycles. The van der Waals surface area contributed by atoms with Crippen LogP contribution in [0.15, 0.2) is 28.9 Å². The summed E-state index contributed by atoms with van der Waals surface area (Å²) in [6.07, 6.45) is 0.00492. The summed E-state index contributed by atoms with van der Waals surface area (Å²) < 4.78 is 5.00. The predicted molar refractivity (Wildman–Crippen MR) is 112 cm³/mol. The third-order valence-corrected chi connectivity index (χ3v) is 6.77. The number of aryl methyl sites for hydroxylation is 2. The van der Waals surface area contributed by atoms with E-state index in [1.165, 1.54) is 22.7 Å². The molecule has 0 saturated carbocycles. The quantitative estimate of drug-likeness (QED) is 0.426. The number of carbonyl (C=O) groups excluding carboxylic acids is 3. The van der Waals surface area contributed by atoms with Gasteiger partial charge in [0.1, 0.15) is 11.2 Å².